The minimum atomic E-state index is -0.0578. The number of carbonyl (C=O) groups excluding carboxylic acids is 2. The maximum Gasteiger partial charge on any atom is 0.236 e. The van der Waals surface area contributed by atoms with Crippen LogP contribution in [0.2, 0.25) is 0 Å². The Morgan fingerprint density at radius 2 is 1.88 bits per heavy atom. The largest absolute Gasteiger partial charge is 0.355 e. The minimum Gasteiger partial charge on any atom is -0.355 e. The topological polar surface area (TPSA) is 61.4 Å². The summed E-state index contributed by atoms with van der Waals surface area (Å²) in [4.78, 5) is 24.4. The summed E-state index contributed by atoms with van der Waals surface area (Å²) in [5.74, 6) is 0.531. The Morgan fingerprint density at radius 1 is 1.24 bits per heavy atom. The molecular weight excluding hydrogens is 218 g/mol. The number of nitrogens with zero attached hydrogens (tertiary/aromatic N) is 1. The van der Waals surface area contributed by atoms with Gasteiger partial charge in [0.05, 0.1) is 13.1 Å². The van der Waals surface area contributed by atoms with Gasteiger partial charge in [0.1, 0.15) is 0 Å². The molecule has 17 heavy (non-hydrogen) atoms. The third kappa shape index (κ3) is 8.68. The van der Waals surface area contributed by atoms with Crippen LogP contribution >= 0.6 is 0 Å². The monoisotopic (exact) mass is 243 g/mol. The predicted octanol–water partition coefficient (Wildman–Crippen LogP) is 0.217. The molecule has 100 valence electrons. The zero-order valence-corrected chi connectivity index (χ0v) is 11.4. The molecule has 5 nitrogen and oxygen atoms in total. The number of likely N-dealkylation sites (N-methyl/N-ethyl adjacent to an activating group) is 1. The van der Waals surface area contributed by atoms with Crippen LogP contribution in [-0.2, 0) is 9.59 Å². The zero-order valence-electron chi connectivity index (χ0n) is 11.4. The molecule has 0 saturated heterocycles. The summed E-state index contributed by atoms with van der Waals surface area (Å²) < 4.78 is 0. The maximum absolute atomic E-state index is 11.4. The van der Waals surface area contributed by atoms with Crippen LogP contribution in [0.1, 0.15) is 27.2 Å². The van der Waals surface area contributed by atoms with Gasteiger partial charge in [-0.3, -0.25) is 14.9 Å². The van der Waals surface area contributed by atoms with E-state index in [0.29, 0.717) is 19.0 Å². The number of nitrogens with one attached hydrogen (secondary N) is 2. The Balaban J connectivity index is 3.54. The van der Waals surface area contributed by atoms with E-state index in [-0.39, 0.29) is 24.9 Å². The summed E-state index contributed by atoms with van der Waals surface area (Å²) in [6.07, 6.45) is 0.975. The first-order valence-electron chi connectivity index (χ1n) is 6.18. The molecule has 0 bridgehead atoms. The van der Waals surface area contributed by atoms with Gasteiger partial charge in [-0.05, 0) is 19.3 Å². The second kappa shape index (κ2) is 8.98. The van der Waals surface area contributed by atoms with Crippen LogP contribution in [0.3, 0.4) is 0 Å². The van der Waals surface area contributed by atoms with Gasteiger partial charge in [0.2, 0.25) is 11.8 Å². The van der Waals surface area contributed by atoms with Crippen LogP contribution in [0, 0.1) is 5.92 Å². The number of amides is 2. The van der Waals surface area contributed by atoms with Crippen LogP contribution in [0.25, 0.3) is 0 Å². The zero-order chi connectivity index (χ0) is 13.3. The van der Waals surface area contributed by atoms with Gasteiger partial charge in [0.25, 0.3) is 0 Å². The van der Waals surface area contributed by atoms with Crippen molar-refractivity contribution in [2.75, 3.05) is 33.2 Å². The normalized spacial score (nSPS) is 10.4. The fourth-order valence-electron chi connectivity index (χ4n) is 1.16. The summed E-state index contributed by atoms with van der Waals surface area (Å²) >= 11 is 0. The molecule has 0 radical (unpaired) electrons. The van der Waals surface area contributed by atoms with E-state index in [1.165, 1.54) is 0 Å². The molecule has 0 atom stereocenters. The van der Waals surface area contributed by atoms with E-state index in [1.54, 1.807) is 11.9 Å². The van der Waals surface area contributed by atoms with Gasteiger partial charge < -0.3 is 10.2 Å². The number of rotatable bonds is 8. The standard InChI is InChI=1S/C12H25N3O2/c1-5-15(4)12(17)9-13-8-11(16)14-7-6-10(2)3/h10,13H,5-9H2,1-4H3,(H,14,16). The van der Waals surface area contributed by atoms with Gasteiger partial charge in [-0.25, -0.2) is 0 Å². The molecule has 2 N–H and O–H groups in total. The van der Waals surface area contributed by atoms with Crippen molar-refractivity contribution in [3.8, 4) is 0 Å². The Morgan fingerprint density at radius 3 is 2.41 bits per heavy atom. The Labute approximate surface area is 104 Å². The molecule has 0 aromatic heterocycles. The quantitative estimate of drug-likeness (QED) is 0.641. The molecule has 0 spiro atoms. The number of carbonyl (C=O) groups is 2. The average molecular weight is 243 g/mol. The lowest BCUT2D eigenvalue weighted by molar-refractivity contribution is -0.128. The van der Waals surface area contributed by atoms with Crippen LogP contribution in [0.15, 0.2) is 0 Å². The Bertz CT molecular complexity index is 242. The third-order valence-electron chi connectivity index (χ3n) is 2.51. The molecule has 0 aliphatic heterocycles. The van der Waals surface area contributed by atoms with Crippen LogP contribution < -0.4 is 10.6 Å². The summed E-state index contributed by atoms with van der Waals surface area (Å²) in [6, 6.07) is 0. The predicted molar refractivity (Wildman–Crippen MR) is 68.6 cm³/mol. The van der Waals surface area contributed by atoms with Crippen LogP contribution in [-0.4, -0.2) is 49.9 Å². The van der Waals surface area contributed by atoms with Gasteiger partial charge in [-0.15, -0.1) is 0 Å². The number of hydrogen-bond acceptors (Lipinski definition) is 3. The highest BCUT2D eigenvalue weighted by Crippen LogP contribution is 1.95. The van der Waals surface area contributed by atoms with Crippen molar-refractivity contribution >= 4 is 11.8 Å². The smallest absolute Gasteiger partial charge is 0.236 e. The van der Waals surface area contributed by atoms with E-state index in [1.807, 2.05) is 6.92 Å². The third-order valence-corrected chi connectivity index (χ3v) is 2.51. The van der Waals surface area contributed by atoms with Crippen molar-refractivity contribution in [1.29, 1.82) is 0 Å². The SMILES string of the molecule is CCN(C)C(=O)CNCC(=O)NCCC(C)C. The van der Waals surface area contributed by atoms with Gasteiger partial charge >= 0.3 is 0 Å². The van der Waals surface area contributed by atoms with Crippen molar-refractivity contribution in [2.24, 2.45) is 5.92 Å². The first-order chi connectivity index (χ1) is 7.97. The molecule has 0 aliphatic carbocycles. The van der Waals surface area contributed by atoms with Crippen molar-refractivity contribution < 1.29 is 9.59 Å². The minimum absolute atomic E-state index is 0.00230. The lowest BCUT2D eigenvalue weighted by Gasteiger charge is -2.14. The molecule has 0 fully saturated rings. The van der Waals surface area contributed by atoms with Gasteiger partial charge in [-0.2, -0.15) is 0 Å². The molecule has 2 amide bonds. The summed E-state index contributed by atoms with van der Waals surface area (Å²) in [5.41, 5.74) is 0. The highest BCUT2D eigenvalue weighted by atomic mass is 16.2. The van der Waals surface area contributed by atoms with Gasteiger partial charge in [-0.1, -0.05) is 13.8 Å². The fraction of sp³-hybridized carbons (Fsp3) is 0.833. The van der Waals surface area contributed by atoms with Crippen molar-refractivity contribution in [3.63, 3.8) is 0 Å². The maximum atomic E-state index is 11.4. The first-order valence-corrected chi connectivity index (χ1v) is 6.18. The van der Waals surface area contributed by atoms with Crippen LogP contribution in [0.5, 0.6) is 0 Å². The molecule has 0 aromatic rings. The van der Waals surface area contributed by atoms with E-state index in [9.17, 15) is 9.59 Å². The summed E-state index contributed by atoms with van der Waals surface area (Å²) in [7, 11) is 1.74. The van der Waals surface area contributed by atoms with E-state index < -0.39 is 0 Å². The van der Waals surface area contributed by atoms with Gasteiger partial charge in [0.15, 0.2) is 0 Å². The summed E-state index contributed by atoms with van der Waals surface area (Å²) in [5, 5.41) is 5.64. The van der Waals surface area contributed by atoms with Gasteiger partial charge in [0, 0.05) is 20.1 Å². The second-order valence-corrected chi connectivity index (χ2v) is 4.54. The lowest BCUT2D eigenvalue weighted by Crippen LogP contribution is -2.40. The van der Waals surface area contributed by atoms with Crippen LogP contribution in [0.4, 0.5) is 0 Å². The molecule has 0 aromatic carbocycles. The molecule has 0 rings (SSSR count). The molecule has 5 heteroatoms. The van der Waals surface area contributed by atoms with E-state index >= 15 is 0 Å². The second-order valence-electron chi connectivity index (χ2n) is 4.54. The van der Waals surface area contributed by atoms with E-state index in [4.69, 9.17) is 0 Å². The fourth-order valence-corrected chi connectivity index (χ4v) is 1.16. The highest BCUT2D eigenvalue weighted by molar-refractivity contribution is 5.80. The Hall–Kier alpha value is -1.10. The first kappa shape index (κ1) is 15.9. The van der Waals surface area contributed by atoms with Crippen molar-refractivity contribution in [1.82, 2.24) is 15.5 Å². The highest BCUT2D eigenvalue weighted by Gasteiger charge is 2.07. The lowest BCUT2D eigenvalue weighted by atomic mass is 10.1. The van der Waals surface area contributed by atoms with E-state index in [0.717, 1.165) is 6.42 Å². The molecule has 0 saturated carbocycles. The molecule has 0 aliphatic rings. The average Bonchev–Trinajstić information content (AvgIpc) is 2.27. The molecule has 0 unspecified atom stereocenters. The Kier molecular flexibility index (Phi) is 8.40. The molecule has 0 heterocycles. The summed E-state index contributed by atoms with van der Waals surface area (Å²) in [6.45, 7) is 7.93. The van der Waals surface area contributed by atoms with E-state index in [2.05, 4.69) is 24.5 Å². The molecular formula is C12H25N3O2. The number of hydrogen-bond donors (Lipinski definition) is 2. The van der Waals surface area contributed by atoms with Crippen molar-refractivity contribution in [2.45, 2.75) is 27.2 Å². The van der Waals surface area contributed by atoms with Crippen molar-refractivity contribution in [3.05, 3.63) is 0 Å².